The van der Waals surface area contributed by atoms with Crippen molar-refractivity contribution in [1.29, 1.82) is 0 Å². The lowest BCUT2D eigenvalue weighted by Gasteiger charge is -2.07. The molecule has 0 heterocycles. The van der Waals surface area contributed by atoms with Crippen LogP contribution < -0.4 is 5.32 Å². The predicted octanol–water partition coefficient (Wildman–Crippen LogP) is 3.06. The summed E-state index contributed by atoms with van der Waals surface area (Å²) in [6, 6.07) is 0. The van der Waals surface area contributed by atoms with Gasteiger partial charge in [-0.3, -0.25) is 0 Å². The van der Waals surface area contributed by atoms with E-state index in [2.05, 4.69) is 11.6 Å². The average Bonchev–Trinajstić information content (AvgIpc) is 2.08. The fourth-order valence-corrected chi connectivity index (χ4v) is 1.52. The Morgan fingerprint density at radius 3 is 2.36 bits per heavy atom. The zero-order valence-corrected chi connectivity index (χ0v) is 9.31. The van der Waals surface area contributed by atoms with E-state index in [1.165, 1.54) is 0 Å². The molecule has 1 N–H and O–H groups in total. The number of unbranched alkanes of at least 4 members (excludes halogenated alkanes) is 2. The highest BCUT2D eigenvalue weighted by Crippen LogP contribution is 2.18. The molecule has 0 atom stereocenters. The van der Waals surface area contributed by atoms with Gasteiger partial charge in [-0.05, 0) is 31.4 Å². The molecule has 1 nitrogen and oxygen atoms in total. The van der Waals surface area contributed by atoms with Crippen molar-refractivity contribution < 1.29 is 13.2 Å². The number of thioether (sulfide) groups is 1. The minimum Gasteiger partial charge on any atom is -0.316 e. The molecule has 0 unspecified atom stereocenters. The Morgan fingerprint density at radius 1 is 1.07 bits per heavy atom. The van der Waals surface area contributed by atoms with Gasteiger partial charge in [0, 0.05) is 6.54 Å². The highest BCUT2D eigenvalue weighted by atomic mass is 32.2. The maximum absolute atomic E-state index is 11.7. The van der Waals surface area contributed by atoms with Crippen molar-refractivity contribution in [2.45, 2.75) is 31.9 Å². The number of alkyl halides is 3. The third-order valence-corrected chi connectivity index (χ3v) is 2.48. The van der Waals surface area contributed by atoms with Gasteiger partial charge in [0.15, 0.2) is 0 Å². The number of hydrogen-bond acceptors (Lipinski definition) is 2. The van der Waals surface area contributed by atoms with E-state index in [1.54, 1.807) is 11.8 Å². The first kappa shape index (κ1) is 14.1. The van der Waals surface area contributed by atoms with Gasteiger partial charge in [-0.25, -0.2) is 0 Å². The Bertz CT molecular complexity index is 128. The molecule has 0 aromatic rings. The summed E-state index contributed by atoms with van der Waals surface area (Å²) in [6.45, 7) is 0.747. The first-order valence-electron chi connectivity index (χ1n) is 4.82. The largest absolute Gasteiger partial charge is 0.390 e. The smallest absolute Gasteiger partial charge is 0.316 e. The Hall–Kier alpha value is 0.100. The molecular formula is C9H18F3NS. The Labute approximate surface area is 87.8 Å². The fraction of sp³-hybridized carbons (Fsp3) is 1.00. The Morgan fingerprint density at radius 2 is 1.79 bits per heavy atom. The standard InChI is InChI=1S/C9H18F3NS/c1-14-8-4-2-3-6-13-7-5-9(10,11)12/h13H,2-8H2,1H3. The van der Waals surface area contributed by atoms with Crippen LogP contribution in [0.4, 0.5) is 13.2 Å². The lowest BCUT2D eigenvalue weighted by atomic mass is 10.2. The van der Waals surface area contributed by atoms with Crippen LogP contribution in [0.2, 0.25) is 0 Å². The van der Waals surface area contributed by atoms with E-state index in [4.69, 9.17) is 0 Å². The molecule has 0 aromatic carbocycles. The normalized spacial score (nSPS) is 12.0. The van der Waals surface area contributed by atoms with E-state index in [-0.39, 0.29) is 6.54 Å². The summed E-state index contributed by atoms with van der Waals surface area (Å²) >= 11 is 1.80. The van der Waals surface area contributed by atoms with Gasteiger partial charge in [0.05, 0.1) is 6.42 Å². The van der Waals surface area contributed by atoms with Gasteiger partial charge >= 0.3 is 6.18 Å². The van der Waals surface area contributed by atoms with Crippen molar-refractivity contribution in [3.8, 4) is 0 Å². The van der Waals surface area contributed by atoms with Crippen molar-refractivity contribution in [2.75, 3.05) is 25.1 Å². The third kappa shape index (κ3) is 12.1. The van der Waals surface area contributed by atoms with Crippen molar-refractivity contribution in [1.82, 2.24) is 5.32 Å². The quantitative estimate of drug-likeness (QED) is 0.642. The van der Waals surface area contributed by atoms with E-state index in [1.807, 2.05) is 0 Å². The lowest BCUT2D eigenvalue weighted by Crippen LogP contribution is -2.22. The minimum absolute atomic E-state index is 0.0476. The molecule has 0 aliphatic carbocycles. The van der Waals surface area contributed by atoms with Gasteiger partial charge in [0.1, 0.15) is 0 Å². The maximum Gasteiger partial charge on any atom is 0.390 e. The number of rotatable bonds is 8. The van der Waals surface area contributed by atoms with Gasteiger partial charge in [-0.15, -0.1) is 0 Å². The summed E-state index contributed by atoms with van der Waals surface area (Å²) in [5.41, 5.74) is 0. The number of hydrogen-bond donors (Lipinski definition) is 1. The SMILES string of the molecule is CSCCCCCNCCC(F)(F)F. The first-order valence-corrected chi connectivity index (χ1v) is 6.22. The summed E-state index contributed by atoms with van der Waals surface area (Å²) < 4.78 is 35.1. The highest BCUT2D eigenvalue weighted by molar-refractivity contribution is 7.98. The molecular weight excluding hydrogens is 211 g/mol. The second-order valence-corrected chi connectivity index (χ2v) is 4.15. The maximum atomic E-state index is 11.7. The van der Waals surface area contributed by atoms with Gasteiger partial charge in [0.2, 0.25) is 0 Å². The molecule has 14 heavy (non-hydrogen) atoms. The van der Waals surface area contributed by atoms with Gasteiger partial charge < -0.3 is 5.32 Å². The number of nitrogens with one attached hydrogen (secondary N) is 1. The van der Waals surface area contributed by atoms with Crippen LogP contribution in [0.5, 0.6) is 0 Å². The molecule has 86 valence electrons. The van der Waals surface area contributed by atoms with Crippen LogP contribution in [0.25, 0.3) is 0 Å². The molecule has 0 aliphatic heterocycles. The zero-order valence-electron chi connectivity index (χ0n) is 8.49. The molecule has 0 spiro atoms. The van der Waals surface area contributed by atoms with E-state index in [9.17, 15) is 13.2 Å². The first-order chi connectivity index (χ1) is 6.56. The van der Waals surface area contributed by atoms with Crippen molar-refractivity contribution in [3.05, 3.63) is 0 Å². The van der Waals surface area contributed by atoms with Gasteiger partial charge in [-0.2, -0.15) is 24.9 Å². The summed E-state index contributed by atoms with van der Waals surface area (Å²) in [5, 5.41) is 2.79. The lowest BCUT2D eigenvalue weighted by molar-refractivity contribution is -0.133. The molecule has 0 aliphatic rings. The van der Waals surface area contributed by atoms with Crippen molar-refractivity contribution >= 4 is 11.8 Å². The summed E-state index contributed by atoms with van der Waals surface area (Å²) in [4.78, 5) is 0. The predicted molar refractivity (Wildman–Crippen MR) is 55.8 cm³/mol. The average molecular weight is 229 g/mol. The van der Waals surface area contributed by atoms with Crippen LogP contribution in [-0.4, -0.2) is 31.3 Å². The minimum atomic E-state index is -4.02. The van der Waals surface area contributed by atoms with Crippen LogP contribution >= 0.6 is 11.8 Å². The molecule has 0 fully saturated rings. The second kappa shape index (κ2) is 8.41. The van der Waals surface area contributed by atoms with E-state index in [0.717, 1.165) is 25.0 Å². The third-order valence-electron chi connectivity index (χ3n) is 1.79. The van der Waals surface area contributed by atoms with E-state index < -0.39 is 12.6 Å². The number of halogens is 3. The fourth-order valence-electron chi connectivity index (χ4n) is 1.03. The molecule has 5 heteroatoms. The Kier molecular flexibility index (Phi) is 8.47. The van der Waals surface area contributed by atoms with Crippen LogP contribution in [0.1, 0.15) is 25.7 Å². The van der Waals surface area contributed by atoms with E-state index >= 15 is 0 Å². The summed E-state index contributed by atoms with van der Waals surface area (Å²) in [7, 11) is 0. The summed E-state index contributed by atoms with van der Waals surface area (Å²) in [5.74, 6) is 1.14. The highest BCUT2D eigenvalue weighted by Gasteiger charge is 2.25. The second-order valence-electron chi connectivity index (χ2n) is 3.17. The van der Waals surface area contributed by atoms with Gasteiger partial charge in [0.25, 0.3) is 0 Å². The Balaban J connectivity index is 2.99. The molecule has 0 rings (SSSR count). The monoisotopic (exact) mass is 229 g/mol. The molecule has 0 amide bonds. The molecule has 0 radical (unpaired) electrons. The van der Waals surface area contributed by atoms with Crippen LogP contribution in [0.15, 0.2) is 0 Å². The van der Waals surface area contributed by atoms with Crippen LogP contribution in [0, 0.1) is 0 Å². The van der Waals surface area contributed by atoms with Crippen LogP contribution in [-0.2, 0) is 0 Å². The van der Waals surface area contributed by atoms with E-state index in [0.29, 0.717) is 6.54 Å². The summed E-state index contributed by atoms with van der Waals surface area (Å²) in [6.07, 6.45) is 0.533. The van der Waals surface area contributed by atoms with Crippen molar-refractivity contribution in [2.24, 2.45) is 0 Å². The topological polar surface area (TPSA) is 12.0 Å². The van der Waals surface area contributed by atoms with Crippen LogP contribution in [0.3, 0.4) is 0 Å². The molecule has 0 bridgehead atoms. The molecule has 0 aromatic heterocycles. The molecule has 0 saturated heterocycles. The zero-order chi connectivity index (χ0) is 10.9. The van der Waals surface area contributed by atoms with Gasteiger partial charge in [-0.1, -0.05) is 6.42 Å². The molecule has 0 saturated carbocycles. The van der Waals surface area contributed by atoms with Crippen molar-refractivity contribution in [3.63, 3.8) is 0 Å².